The van der Waals surface area contributed by atoms with Crippen LogP contribution >= 0.6 is 15.9 Å². The highest BCUT2D eigenvalue weighted by atomic mass is 79.9. The van der Waals surface area contributed by atoms with E-state index in [2.05, 4.69) is 32.3 Å². The highest BCUT2D eigenvalue weighted by Crippen LogP contribution is 2.23. The summed E-state index contributed by atoms with van der Waals surface area (Å²) in [6, 6.07) is 11.7. The van der Waals surface area contributed by atoms with Crippen molar-refractivity contribution in [1.29, 1.82) is 5.26 Å². The normalized spacial score (nSPS) is 11.6. The fourth-order valence-electron chi connectivity index (χ4n) is 1.75. The van der Waals surface area contributed by atoms with Gasteiger partial charge in [-0.2, -0.15) is 5.26 Å². The Balaban J connectivity index is 2.26. The molecule has 0 amide bonds. The largest absolute Gasteiger partial charge is 0.365 e. The summed E-state index contributed by atoms with van der Waals surface area (Å²) in [5.41, 5.74) is 2.90. The monoisotopic (exact) mass is 301 g/mol. The molecule has 1 N–H and O–H groups in total. The number of aromatic nitrogens is 1. The molecule has 0 saturated heterocycles. The molecule has 1 heterocycles. The molecule has 0 aliphatic carbocycles. The van der Waals surface area contributed by atoms with E-state index in [1.807, 2.05) is 37.3 Å². The van der Waals surface area contributed by atoms with Gasteiger partial charge in [-0.1, -0.05) is 24.3 Å². The lowest BCUT2D eigenvalue weighted by molar-refractivity contribution is 0.978. The van der Waals surface area contributed by atoms with Gasteiger partial charge >= 0.3 is 0 Å². The molecule has 1 aromatic carbocycles. The van der Waals surface area contributed by atoms with Crippen LogP contribution in [0.15, 0.2) is 47.2 Å². The Morgan fingerprint density at radius 1 is 1.33 bits per heavy atom. The van der Waals surface area contributed by atoms with Gasteiger partial charge in [0.1, 0.15) is 6.04 Å². The highest BCUT2D eigenvalue weighted by molar-refractivity contribution is 9.10. The smallest absolute Gasteiger partial charge is 0.140 e. The van der Waals surface area contributed by atoms with E-state index in [0.717, 1.165) is 21.3 Å². The third-order valence-corrected chi connectivity index (χ3v) is 3.08. The van der Waals surface area contributed by atoms with Gasteiger partial charge < -0.3 is 5.32 Å². The van der Waals surface area contributed by atoms with E-state index in [0.29, 0.717) is 0 Å². The van der Waals surface area contributed by atoms with Crippen molar-refractivity contribution in [3.8, 4) is 6.07 Å². The third-order valence-electron chi connectivity index (χ3n) is 2.64. The molecule has 0 spiro atoms. The molecule has 2 aromatic rings. The van der Waals surface area contributed by atoms with Crippen LogP contribution in [-0.4, -0.2) is 4.98 Å². The van der Waals surface area contributed by atoms with E-state index in [1.165, 1.54) is 0 Å². The number of rotatable bonds is 3. The molecule has 2 rings (SSSR count). The number of hydrogen-bond acceptors (Lipinski definition) is 3. The van der Waals surface area contributed by atoms with Gasteiger partial charge in [0, 0.05) is 10.7 Å². The maximum Gasteiger partial charge on any atom is 0.140 e. The lowest BCUT2D eigenvalue weighted by atomic mass is 10.0. The number of nitrogens with one attached hydrogen (secondary N) is 1. The van der Waals surface area contributed by atoms with Gasteiger partial charge in [-0.25, -0.2) is 0 Å². The predicted octanol–water partition coefficient (Wildman–Crippen LogP) is 3.83. The van der Waals surface area contributed by atoms with Crippen LogP contribution in [0.1, 0.15) is 17.2 Å². The Kier molecular flexibility index (Phi) is 3.96. The molecule has 4 heteroatoms. The number of benzene rings is 1. The Morgan fingerprint density at radius 2 is 2.11 bits per heavy atom. The number of anilines is 1. The van der Waals surface area contributed by atoms with Crippen molar-refractivity contribution >= 4 is 21.6 Å². The number of halogens is 1. The molecule has 90 valence electrons. The van der Waals surface area contributed by atoms with E-state index in [-0.39, 0.29) is 6.04 Å². The zero-order valence-electron chi connectivity index (χ0n) is 9.89. The highest BCUT2D eigenvalue weighted by Gasteiger charge is 2.12. The van der Waals surface area contributed by atoms with Crippen molar-refractivity contribution in [1.82, 2.24) is 4.98 Å². The molecular formula is C14H12BrN3. The van der Waals surface area contributed by atoms with Crippen molar-refractivity contribution in [2.75, 3.05) is 5.32 Å². The van der Waals surface area contributed by atoms with Gasteiger partial charge in [0.2, 0.25) is 0 Å². The van der Waals surface area contributed by atoms with Crippen LogP contribution in [0.2, 0.25) is 0 Å². The van der Waals surface area contributed by atoms with Gasteiger partial charge in [-0.15, -0.1) is 0 Å². The van der Waals surface area contributed by atoms with E-state index >= 15 is 0 Å². The summed E-state index contributed by atoms with van der Waals surface area (Å²) >= 11 is 3.36. The molecule has 3 nitrogen and oxygen atoms in total. The SMILES string of the molecule is Cc1ccccc1C(C#N)Nc1cncc(Br)c1. The standard InChI is InChI=1S/C14H12BrN3/c1-10-4-2-3-5-13(10)14(7-16)18-12-6-11(15)8-17-9-12/h2-6,8-9,14,18H,1H3. The first-order chi connectivity index (χ1) is 8.70. The van der Waals surface area contributed by atoms with Crippen LogP contribution in [-0.2, 0) is 0 Å². The summed E-state index contributed by atoms with van der Waals surface area (Å²) in [6.45, 7) is 2.00. The van der Waals surface area contributed by atoms with Crippen molar-refractivity contribution in [3.05, 3.63) is 58.3 Å². The second kappa shape index (κ2) is 5.65. The number of pyridine rings is 1. The van der Waals surface area contributed by atoms with Crippen LogP contribution in [0.3, 0.4) is 0 Å². The quantitative estimate of drug-likeness (QED) is 0.937. The van der Waals surface area contributed by atoms with Gasteiger partial charge in [-0.05, 0) is 40.0 Å². The van der Waals surface area contributed by atoms with E-state index in [4.69, 9.17) is 0 Å². The molecule has 0 bridgehead atoms. The number of nitrogens with zero attached hydrogens (tertiary/aromatic N) is 2. The minimum atomic E-state index is -0.373. The molecule has 1 atom stereocenters. The topological polar surface area (TPSA) is 48.7 Å². The molecule has 0 fully saturated rings. The molecule has 0 aliphatic rings. The average Bonchev–Trinajstić information content (AvgIpc) is 2.37. The Bertz CT molecular complexity index is 590. The summed E-state index contributed by atoms with van der Waals surface area (Å²) in [7, 11) is 0. The van der Waals surface area contributed by atoms with Crippen molar-refractivity contribution < 1.29 is 0 Å². The predicted molar refractivity (Wildman–Crippen MR) is 75.1 cm³/mol. The van der Waals surface area contributed by atoms with Crippen LogP contribution in [0.4, 0.5) is 5.69 Å². The van der Waals surface area contributed by atoms with Gasteiger partial charge in [0.25, 0.3) is 0 Å². The zero-order chi connectivity index (χ0) is 13.0. The fraction of sp³-hybridized carbons (Fsp3) is 0.143. The summed E-state index contributed by atoms with van der Waals surface area (Å²) in [5, 5.41) is 12.5. The lowest BCUT2D eigenvalue weighted by Gasteiger charge is -2.15. The minimum absolute atomic E-state index is 0.373. The Hall–Kier alpha value is -1.86. The fourth-order valence-corrected chi connectivity index (χ4v) is 2.11. The average molecular weight is 302 g/mol. The number of aryl methyl sites for hydroxylation is 1. The summed E-state index contributed by atoms with van der Waals surface area (Å²) in [4.78, 5) is 4.07. The van der Waals surface area contributed by atoms with Gasteiger partial charge in [0.05, 0.1) is 18.0 Å². The maximum absolute atomic E-state index is 9.29. The first kappa shape index (κ1) is 12.6. The number of hydrogen-bond donors (Lipinski definition) is 1. The first-order valence-corrected chi connectivity index (χ1v) is 6.32. The molecule has 1 unspecified atom stereocenters. The zero-order valence-corrected chi connectivity index (χ0v) is 11.5. The first-order valence-electron chi connectivity index (χ1n) is 5.53. The van der Waals surface area contributed by atoms with Gasteiger partial charge in [-0.3, -0.25) is 4.98 Å². The van der Waals surface area contributed by atoms with Crippen LogP contribution in [0.25, 0.3) is 0 Å². The van der Waals surface area contributed by atoms with E-state index in [9.17, 15) is 5.26 Å². The summed E-state index contributed by atoms with van der Waals surface area (Å²) in [5.74, 6) is 0. The molecule has 0 aliphatic heterocycles. The molecule has 0 saturated carbocycles. The molecular weight excluding hydrogens is 290 g/mol. The van der Waals surface area contributed by atoms with Gasteiger partial charge in [0.15, 0.2) is 0 Å². The van der Waals surface area contributed by atoms with E-state index in [1.54, 1.807) is 12.4 Å². The lowest BCUT2D eigenvalue weighted by Crippen LogP contribution is -2.10. The van der Waals surface area contributed by atoms with Crippen molar-refractivity contribution in [2.24, 2.45) is 0 Å². The van der Waals surface area contributed by atoms with Crippen molar-refractivity contribution in [2.45, 2.75) is 13.0 Å². The van der Waals surface area contributed by atoms with Crippen LogP contribution in [0, 0.1) is 18.3 Å². The summed E-state index contributed by atoms with van der Waals surface area (Å²) in [6.07, 6.45) is 3.41. The molecule has 1 aromatic heterocycles. The van der Waals surface area contributed by atoms with Crippen molar-refractivity contribution in [3.63, 3.8) is 0 Å². The second-order valence-electron chi connectivity index (χ2n) is 3.95. The van der Waals surface area contributed by atoms with Crippen LogP contribution < -0.4 is 5.32 Å². The van der Waals surface area contributed by atoms with E-state index < -0.39 is 0 Å². The Labute approximate surface area is 115 Å². The Morgan fingerprint density at radius 3 is 2.78 bits per heavy atom. The van der Waals surface area contributed by atoms with Crippen LogP contribution in [0.5, 0.6) is 0 Å². The molecule has 0 radical (unpaired) electrons. The third kappa shape index (κ3) is 2.88. The minimum Gasteiger partial charge on any atom is -0.365 e. The number of nitriles is 1. The second-order valence-corrected chi connectivity index (χ2v) is 4.87. The summed E-state index contributed by atoms with van der Waals surface area (Å²) < 4.78 is 0.883. The maximum atomic E-state index is 9.29. The molecule has 18 heavy (non-hydrogen) atoms.